The van der Waals surface area contributed by atoms with Crippen LogP contribution >= 0.6 is 0 Å². The highest BCUT2D eigenvalue weighted by molar-refractivity contribution is 7.89. The minimum Gasteiger partial charge on any atom is -0.481 e. The average Bonchev–Trinajstić information content (AvgIpc) is 2.71. The molecule has 2 aromatic rings. The van der Waals surface area contributed by atoms with Gasteiger partial charge in [0.15, 0.2) is 6.10 Å². The van der Waals surface area contributed by atoms with Gasteiger partial charge in [0.1, 0.15) is 5.75 Å². The zero-order valence-electron chi connectivity index (χ0n) is 16.5. The van der Waals surface area contributed by atoms with Crippen molar-refractivity contribution in [1.82, 2.24) is 9.21 Å². The molecule has 1 saturated heterocycles. The zero-order valence-corrected chi connectivity index (χ0v) is 17.3. The summed E-state index contributed by atoms with van der Waals surface area (Å²) in [5.41, 5.74) is 2.05. The van der Waals surface area contributed by atoms with Crippen molar-refractivity contribution in [3.8, 4) is 5.75 Å². The minimum atomic E-state index is -3.53. The van der Waals surface area contributed by atoms with Crippen molar-refractivity contribution in [1.29, 1.82) is 0 Å². The van der Waals surface area contributed by atoms with Crippen LogP contribution < -0.4 is 4.74 Å². The fraction of sp³-hybridized carbons (Fsp3) is 0.381. The van der Waals surface area contributed by atoms with Gasteiger partial charge in [-0.25, -0.2) is 8.42 Å². The van der Waals surface area contributed by atoms with Crippen LogP contribution in [0.4, 0.5) is 0 Å². The highest BCUT2D eigenvalue weighted by Crippen LogP contribution is 2.22. The van der Waals surface area contributed by atoms with Gasteiger partial charge in [0, 0.05) is 26.2 Å². The minimum absolute atomic E-state index is 0.127. The van der Waals surface area contributed by atoms with Gasteiger partial charge in [-0.2, -0.15) is 4.31 Å². The van der Waals surface area contributed by atoms with Gasteiger partial charge in [-0.3, -0.25) is 4.79 Å². The number of hydrogen-bond donors (Lipinski definition) is 0. The van der Waals surface area contributed by atoms with Gasteiger partial charge in [-0.05, 0) is 50.1 Å². The Hall–Kier alpha value is -2.38. The average molecular weight is 403 g/mol. The summed E-state index contributed by atoms with van der Waals surface area (Å²) in [5.74, 6) is 0.573. The number of aryl methyl sites for hydroxylation is 2. The van der Waals surface area contributed by atoms with E-state index in [1.807, 2.05) is 32.0 Å². The van der Waals surface area contributed by atoms with E-state index in [1.54, 1.807) is 42.2 Å². The molecule has 28 heavy (non-hydrogen) atoms. The maximum absolute atomic E-state index is 12.8. The van der Waals surface area contributed by atoms with E-state index in [1.165, 1.54) is 4.31 Å². The first-order chi connectivity index (χ1) is 13.3. The van der Waals surface area contributed by atoms with Crippen LogP contribution in [0, 0.1) is 13.8 Å². The summed E-state index contributed by atoms with van der Waals surface area (Å²) < 4.78 is 32.7. The molecule has 1 aliphatic rings. The van der Waals surface area contributed by atoms with Crippen LogP contribution in [-0.2, 0) is 14.8 Å². The third-order valence-corrected chi connectivity index (χ3v) is 6.84. The standard InChI is InChI=1S/C21H26N2O4S/c1-16-9-10-17(2)20(15-16)27-18(3)21(24)22-11-13-23(14-12-22)28(25,26)19-7-5-4-6-8-19/h4-10,15,18H,11-14H2,1-3H3/t18-/m1/s1. The van der Waals surface area contributed by atoms with E-state index < -0.39 is 16.1 Å². The molecule has 0 N–H and O–H groups in total. The highest BCUT2D eigenvalue weighted by Gasteiger charge is 2.32. The van der Waals surface area contributed by atoms with Gasteiger partial charge in [0.2, 0.25) is 10.0 Å². The molecule has 0 bridgehead atoms. The molecule has 0 radical (unpaired) electrons. The Labute approximate surface area is 166 Å². The van der Waals surface area contributed by atoms with Gasteiger partial charge < -0.3 is 9.64 Å². The van der Waals surface area contributed by atoms with Gasteiger partial charge in [0.05, 0.1) is 4.90 Å². The lowest BCUT2D eigenvalue weighted by Crippen LogP contribution is -2.53. The van der Waals surface area contributed by atoms with Crippen molar-refractivity contribution in [2.45, 2.75) is 31.8 Å². The van der Waals surface area contributed by atoms with Gasteiger partial charge in [-0.1, -0.05) is 30.3 Å². The number of sulfonamides is 1. The first-order valence-electron chi connectivity index (χ1n) is 9.37. The van der Waals surface area contributed by atoms with Crippen LogP contribution in [0.2, 0.25) is 0 Å². The largest absolute Gasteiger partial charge is 0.481 e. The molecule has 150 valence electrons. The lowest BCUT2D eigenvalue weighted by molar-refractivity contribution is -0.139. The lowest BCUT2D eigenvalue weighted by atomic mass is 10.1. The molecule has 1 aliphatic heterocycles. The summed E-state index contributed by atoms with van der Waals surface area (Å²) in [6, 6.07) is 14.3. The molecular formula is C21H26N2O4S. The lowest BCUT2D eigenvalue weighted by Gasteiger charge is -2.35. The number of piperazine rings is 1. The van der Waals surface area contributed by atoms with Gasteiger partial charge in [-0.15, -0.1) is 0 Å². The molecule has 6 nitrogen and oxygen atoms in total. The molecule has 3 rings (SSSR count). The molecule has 0 saturated carbocycles. The van der Waals surface area contributed by atoms with Crippen LogP contribution in [-0.4, -0.2) is 55.8 Å². The van der Waals surface area contributed by atoms with Crippen molar-refractivity contribution < 1.29 is 17.9 Å². The SMILES string of the molecule is Cc1ccc(C)c(O[C@H](C)C(=O)N2CCN(S(=O)(=O)c3ccccc3)CC2)c1. The highest BCUT2D eigenvalue weighted by atomic mass is 32.2. The summed E-state index contributed by atoms with van der Waals surface area (Å²) in [7, 11) is -3.53. The first-order valence-corrected chi connectivity index (χ1v) is 10.8. The predicted molar refractivity (Wildman–Crippen MR) is 108 cm³/mol. The van der Waals surface area contributed by atoms with Crippen molar-refractivity contribution >= 4 is 15.9 Å². The Morgan fingerprint density at radius 3 is 2.29 bits per heavy atom. The van der Waals surface area contributed by atoms with Crippen molar-refractivity contribution in [3.63, 3.8) is 0 Å². The second-order valence-electron chi connectivity index (χ2n) is 7.07. The third-order valence-electron chi connectivity index (χ3n) is 4.93. The number of hydrogen-bond acceptors (Lipinski definition) is 4. The van der Waals surface area contributed by atoms with E-state index >= 15 is 0 Å². The second-order valence-corrected chi connectivity index (χ2v) is 9.01. The van der Waals surface area contributed by atoms with E-state index in [0.29, 0.717) is 18.8 Å². The van der Waals surface area contributed by atoms with Crippen molar-refractivity contribution in [2.24, 2.45) is 0 Å². The number of rotatable bonds is 5. The molecular weight excluding hydrogens is 376 g/mol. The Bertz CT molecular complexity index is 936. The fourth-order valence-corrected chi connectivity index (χ4v) is 4.67. The first kappa shape index (κ1) is 20.4. The maximum Gasteiger partial charge on any atom is 0.263 e. The van der Waals surface area contributed by atoms with Crippen LogP contribution in [0.15, 0.2) is 53.4 Å². The summed E-state index contributed by atoms with van der Waals surface area (Å²) in [6.07, 6.45) is -0.627. The van der Waals surface area contributed by atoms with Gasteiger partial charge in [0.25, 0.3) is 5.91 Å². The quantitative estimate of drug-likeness (QED) is 0.771. The topological polar surface area (TPSA) is 66.9 Å². The van der Waals surface area contributed by atoms with E-state index in [0.717, 1.165) is 11.1 Å². The van der Waals surface area contributed by atoms with Gasteiger partial charge >= 0.3 is 0 Å². The molecule has 1 amide bonds. The maximum atomic E-state index is 12.8. The second kappa shape index (κ2) is 8.32. The Balaban J connectivity index is 1.61. The summed E-state index contributed by atoms with van der Waals surface area (Å²) in [5, 5.41) is 0. The predicted octanol–water partition coefficient (Wildman–Crippen LogP) is 2.60. The Morgan fingerprint density at radius 1 is 1.00 bits per heavy atom. The normalized spacial score (nSPS) is 16.6. The molecule has 7 heteroatoms. The van der Waals surface area contributed by atoms with Crippen molar-refractivity contribution in [3.05, 3.63) is 59.7 Å². The number of carbonyl (C=O) groups excluding carboxylic acids is 1. The van der Waals surface area contributed by atoms with Crippen LogP contribution in [0.1, 0.15) is 18.1 Å². The van der Waals surface area contributed by atoms with Crippen LogP contribution in [0.3, 0.4) is 0 Å². The third kappa shape index (κ3) is 4.36. The molecule has 1 fully saturated rings. The monoisotopic (exact) mass is 402 g/mol. The number of benzene rings is 2. The molecule has 0 aliphatic carbocycles. The molecule has 0 unspecified atom stereocenters. The summed E-state index contributed by atoms with van der Waals surface area (Å²) >= 11 is 0. The fourth-order valence-electron chi connectivity index (χ4n) is 3.22. The van der Waals surface area contributed by atoms with E-state index in [9.17, 15) is 13.2 Å². The van der Waals surface area contributed by atoms with Crippen molar-refractivity contribution in [2.75, 3.05) is 26.2 Å². The zero-order chi connectivity index (χ0) is 20.3. The number of amides is 1. The molecule has 1 atom stereocenters. The molecule has 2 aromatic carbocycles. The number of carbonyl (C=O) groups is 1. The van der Waals surface area contributed by atoms with Crippen LogP contribution in [0.25, 0.3) is 0 Å². The smallest absolute Gasteiger partial charge is 0.263 e. The van der Waals surface area contributed by atoms with E-state index in [-0.39, 0.29) is 23.9 Å². The van der Waals surface area contributed by atoms with E-state index in [2.05, 4.69) is 0 Å². The number of nitrogens with zero attached hydrogens (tertiary/aromatic N) is 2. The van der Waals surface area contributed by atoms with E-state index in [4.69, 9.17) is 4.74 Å². The number of ether oxygens (including phenoxy) is 1. The van der Waals surface area contributed by atoms with Crippen LogP contribution in [0.5, 0.6) is 5.75 Å². The Morgan fingerprint density at radius 2 is 1.64 bits per heavy atom. The Kier molecular flexibility index (Phi) is 6.05. The molecule has 0 spiro atoms. The summed E-state index contributed by atoms with van der Waals surface area (Å²) in [6.45, 7) is 6.91. The molecule has 0 aromatic heterocycles. The molecule has 1 heterocycles. The summed E-state index contributed by atoms with van der Waals surface area (Å²) in [4.78, 5) is 14.7.